The molecular formula is C21H38O6. The van der Waals surface area contributed by atoms with Gasteiger partial charge in [-0.3, -0.25) is 0 Å². The molecule has 1 aliphatic rings. The summed E-state index contributed by atoms with van der Waals surface area (Å²) in [5.41, 5.74) is 2.81. The van der Waals surface area contributed by atoms with Gasteiger partial charge in [0, 0.05) is 0 Å². The molecule has 1 rings (SSSR count). The lowest BCUT2D eigenvalue weighted by Crippen LogP contribution is -2.48. The van der Waals surface area contributed by atoms with Crippen LogP contribution in [0.4, 0.5) is 0 Å². The van der Waals surface area contributed by atoms with Gasteiger partial charge in [-0.2, -0.15) is 0 Å². The van der Waals surface area contributed by atoms with Crippen molar-refractivity contribution in [2.24, 2.45) is 11.3 Å². The summed E-state index contributed by atoms with van der Waals surface area (Å²) in [4.78, 5) is 0. The highest BCUT2D eigenvalue weighted by molar-refractivity contribution is 5.16. The molecule has 1 aliphatic carbocycles. The Kier molecular flexibility index (Phi) is 10.2. The van der Waals surface area contributed by atoms with Crippen LogP contribution in [-0.4, -0.2) is 69.8 Å². The standard InChI is InChI=1S/C21H38O6/c1-14(8-10-21(4)15(2)6-5-7-16(21)3)9-11-27-20(18(25)13-23)19(26)17(24)12-22/h6,9,16-20,22-26H,5,7-8,10-13H2,1-4H3. The van der Waals surface area contributed by atoms with Crippen molar-refractivity contribution in [2.75, 3.05) is 19.8 Å². The predicted octanol–water partition coefficient (Wildman–Crippen LogP) is 1.55. The van der Waals surface area contributed by atoms with E-state index in [0.717, 1.165) is 24.8 Å². The van der Waals surface area contributed by atoms with Crippen LogP contribution < -0.4 is 0 Å². The number of rotatable bonds is 11. The van der Waals surface area contributed by atoms with Gasteiger partial charge >= 0.3 is 0 Å². The maximum atomic E-state index is 9.98. The third-order valence-electron chi connectivity index (χ3n) is 6.28. The average molecular weight is 387 g/mol. The minimum absolute atomic E-state index is 0.143. The predicted molar refractivity (Wildman–Crippen MR) is 105 cm³/mol. The third kappa shape index (κ3) is 6.66. The molecule has 6 nitrogen and oxygen atoms in total. The second kappa shape index (κ2) is 11.3. The van der Waals surface area contributed by atoms with E-state index in [1.165, 1.54) is 12.0 Å². The van der Waals surface area contributed by atoms with Gasteiger partial charge in [0.1, 0.15) is 24.4 Å². The zero-order valence-electron chi connectivity index (χ0n) is 17.1. The van der Waals surface area contributed by atoms with Crippen LogP contribution in [0.2, 0.25) is 0 Å². The van der Waals surface area contributed by atoms with Crippen LogP contribution in [0, 0.1) is 11.3 Å². The minimum Gasteiger partial charge on any atom is -0.394 e. The molecule has 0 amide bonds. The van der Waals surface area contributed by atoms with Crippen LogP contribution >= 0.6 is 0 Å². The highest BCUT2D eigenvalue weighted by atomic mass is 16.5. The molecule has 0 saturated carbocycles. The zero-order valence-corrected chi connectivity index (χ0v) is 17.1. The molecular weight excluding hydrogens is 348 g/mol. The number of allylic oxidation sites excluding steroid dienone is 3. The molecule has 0 saturated heterocycles. The van der Waals surface area contributed by atoms with Crippen molar-refractivity contribution in [3.05, 3.63) is 23.3 Å². The van der Waals surface area contributed by atoms with Crippen LogP contribution in [0.3, 0.4) is 0 Å². The summed E-state index contributed by atoms with van der Waals surface area (Å²) >= 11 is 0. The molecule has 6 unspecified atom stereocenters. The number of aliphatic hydroxyl groups excluding tert-OH is 5. The van der Waals surface area contributed by atoms with Gasteiger partial charge < -0.3 is 30.3 Å². The first kappa shape index (κ1) is 24.3. The molecule has 158 valence electrons. The summed E-state index contributed by atoms with van der Waals surface area (Å²) in [5, 5.41) is 47.4. The first-order chi connectivity index (χ1) is 12.7. The van der Waals surface area contributed by atoms with Crippen molar-refractivity contribution in [3.63, 3.8) is 0 Å². The fourth-order valence-corrected chi connectivity index (χ4v) is 3.66. The largest absolute Gasteiger partial charge is 0.394 e. The van der Waals surface area contributed by atoms with Crippen molar-refractivity contribution < 1.29 is 30.3 Å². The van der Waals surface area contributed by atoms with Crippen LogP contribution in [0.15, 0.2) is 23.3 Å². The Morgan fingerprint density at radius 3 is 2.44 bits per heavy atom. The van der Waals surface area contributed by atoms with E-state index >= 15 is 0 Å². The van der Waals surface area contributed by atoms with E-state index in [2.05, 4.69) is 26.8 Å². The average Bonchev–Trinajstić information content (AvgIpc) is 2.66. The Hall–Kier alpha value is -0.760. The van der Waals surface area contributed by atoms with Crippen LogP contribution in [0.25, 0.3) is 0 Å². The van der Waals surface area contributed by atoms with Crippen molar-refractivity contribution in [3.8, 4) is 0 Å². The Balaban J connectivity index is 2.61. The summed E-state index contributed by atoms with van der Waals surface area (Å²) < 4.78 is 5.49. The molecule has 0 aromatic heterocycles. The number of hydrogen-bond acceptors (Lipinski definition) is 6. The zero-order chi connectivity index (χ0) is 20.6. The lowest BCUT2D eigenvalue weighted by Gasteiger charge is -2.40. The van der Waals surface area contributed by atoms with Gasteiger partial charge in [-0.1, -0.05) is 37.1 Å². The third-order valence-corrected chi connectivity index (χ3v) is 6.28. The Morgan fingerprint density at radius 2 is 1.89 bits per heavy atom. The second-order valence-corrected chi connectivity index (χ2v) is 8.12. The summed E-state index contributed by atoms with van der Waals surface area (Å²) in [6.07, 6.45) is 3.13. The van der Waals surface area contributed by atoms with Crippen molar-refractivity contribution in [1.29, 1.82) is 0 Å². The van der Waals surface area contributed by atoms with E-state index in [0.29, 0.717) is 5.92 Å². The van der Waals surface area contributed by atoms with Crippen LogP contribution in [-0.2, 0) is 4.74 Å². The molecule has 0 aliphatic heterocycles. The number of ether oxygens (including phenoxy) is 1. The van der Waals surface area contributed by atoms with Crippen LogP contribution in [0.1, 0.15) is 53.4 Å². The summed E-state index contributed by atoms with van der Waals surface area (Å²) in [7, 11) is 0. The van der Waals surface area contributed by atoms with E-state index in [9.17, 15) is 15.3 Å². The van der Waals surface area contributed by atoms with Gasteiger partial charge in [0.05, 0.1) is 19.8 Å². The molecule has 6 heteroatoms. The van der Waals surface area contributed by atoms with Gasteiger partial charge in [0.25, 0.3) is 0 Å². The van der Waals surface area contributed by atoms with E-state index in [1.807, 2.05) is 13.0 Å². The first-order valence-electron chi connectivity index (χ1n) is 9.87. The molecule has 0 heterocycles. The Morgan fingerprint density at radius 1 is 1.26 bits per heavy atom. The Bertz CT molecular complexity index is 503. The van der Waals surface area contributed by atoms with Gasteiger partial charge in [0.15, 0.2) is 0 Å². The second-order valence-electron chi connectivity index (χ2n) is 8.12. The lowest BCUT2D eigenvalue weighted by atomic mass is 9.65. The van der Waals surface area contributed by atoms with Crippen molar-refractivity contribution in [1.82, 2.24) is 0 Å². The van der Waals surface area contributed by atoms with Gasteiger partial charge in [-0.25, -0.2) is 0 Å². The quantitative estimate of drug-likeness (QED) is 0.345. The SMILES string of the molecule is CC(=CCOC(C(O)CO)C(O)C(O)CO)CCC1(C)C(C)=CCCC1C. The molecule has 0 spiro atoms. The van der Waals surface area contributed by atoms with E-state index in [-0.39, 0.29) is 12.0 Å². The fraction of sp³-hybridized carbons (Fsp3) is 0.810. The molecule has 0 fully saturated rings. The van der Waals surface area contributed by atoms with E-state index < -0.39 is 37.6 Å². The maximum Gasteiger partial charge on any atom is 0.114 e. The first-order valence-corrected chi connectivity index (χ1v) is 9.87. The summed E-state index contributed by atoms with van der Waals surface area (Å²) in [6, 6.07) is 0. The topological polar surface area (TPSA) is 110 Å². The monoisotopic (exact) mass is 386 g/mol. The molecule has 0 aromatic rings. The number of hydrogen-bond donors (Lipinski definition) is 5. The molecule has 0 aromatic carbocycles. The molecule has 6 atom stereocenters. The molecule has 0 bridgehead atoms. The molecule has 27 heavy (non-hydrogen) atoms. The van der Waals surface area contributed by atoms with Gasteiger partial charge in [0.2, 0.25) is 0 Å². The van der Waals surface area contributed by atoms with Crippen LogP contribution in [0.5, 0.6) is 0 Å². The molecule has 0 radical (unpaired) electrons. The highest BCUT2D eigenvalue weighted by Gasteiger charge is 2.34. The van der Waals surface area contributed by atoms with Crippen molar-refractivity contribution in [2.45, 2.75) is 77.8 Å². The van der Waals surface area contributed by atoms with E-state index in [4.69, 9.17) is 14.9 Å². The number of aliphatic hydroxyl groups is 5. The van der Waals surface area contributed by atoms with Gasteiger partial charge in [-0.05, 0) is 50.9 Å². The summed E-state index contributed by atoms with van der Waals surface area (Å²) in [6.45, 7) is 7.76. The van der Waals surface area contributed by atoms with Crippen molar-refractivity contribution >= 4 is 0 Å². The summed E-state index contributed by atoms with van der Waals surface area (Å²) in [5.74, 6) is 0.644. The normalized spacial score (nSPS) is 28.4. The van der Waals surface area contributed by atoms with Gasteiger partial charge in [-0.15, -0.1) is 0 Å². The maximum absolute atomic E-state index is 9.98. The smallest absolute Gasteiger partial charge is 0.114 e. The highest BCUT2D eigenvalue weighted by Crippen LogP contribution is 2.45. The van der Waals surface area contributed by atoms with E-state index in [1.54, 1.807) is 0 Å². The Labute approximate surface area is 163 Å². The molecule has 5 N–H and O–H groups in total. The minimum atomic E-state index is -1.49. The lowest BCUT2D eigenvalue weighted by molar-refractivity contribution is -0.144. The fourth-order valence-electron chi connectivity index (χ4n) is 3.66.